The van der Waals surface area contributed by atoms with Gasteiger partial charge in [-0.05, 0) is 28.7 Å². The van der Waals surface area contributed by atoms with Crippen molar-refractivity contribution in [2.45, 2.75) is 0 Å². The third-order valence-electron chi connectivity index (χ3n) is 3.83. The minimum absolute atomic E-state index is 0.0856. The molecule has 1 saturated heterocycles. The van der Waals surface area contributed by atoms with Gasteiger partial charge in [-0.3, -0.25) is 4.79 Å². The normalized spacial score (nSPS) is 15.7. The number of amides is 1. The molecule has 25 heavy (non-hydrogen) atoms. The van der Waals surface area contributed by atoms with E-state index >= 15 is 0 Å². The number of hydrogen-bond acceptors (Lipinski definition) is 5. The van der Waals surface area contributed by atoms with Crippen molar-refractivity contribution in [1.29, 1.82) is 0 Å². The van der Waals surface area contributed by atoms with Crippen molar-refractivity contribution >= 4 is 55.8 Å². The van der Waals surface area contributed by atoms with Gasteiger partial charge in [-0.2, -0.15) is 4.31 Å². The molecule has 10 heteroatoms. The van der Waals surface area contributed by atoms with E-state index in [1.807, 2.05) is 6.07 Å². The smallest absolute Gasteiger partial charge is 0.241 e. The van der Waals surface area contributed by atoms with Crippen LogP contribution in [0.1, 0.15) is 0 Å². The highest BCUT2D eigenvalue weighted by atomic mass is 127. The molecule has 7 nitrogen and oxygen atoms in total. The number of nitrogens with zero attached hydrogens (tertiary/aromatic N) is 2. The fraction of sp³-hybridized carbons (Fsp3) is 0.400. The molecule has 0 saturated carbocycles. The Bertz CT molecular complexity index is 764. The zero-order chi connectivity index (χ0) is 18.6. The first-order chi connectivity index (χ1) is 11.8. The van der Waals surface area contributed by atoms with E-state index in [2.05, 4.69) is 34.5 Å². The summed E-state index contributed by atoms with van der Waals surface area (Å²) in [5.41, 5.74) is 0.678. The van der Waals surface area contributed by atoms with E-state index in [0.717, 1.165) is 8.98 Å². The molecule has 1 aliphatic heterocycles. The van der Waals surface area contributed by atoms with Crippen molar-refractivity contribution in [2.75, 3.05) is 45.2 Å². The van der Waals surface area contributed by atoms with Gasteiger partial charge in [0.15, 0.2) is 0 Å². The van der Waals surface area contributed by atoms with Gasteiger partial charge in [-0.1, -0.05) is 18.2 Å². The fourth-order valence-corrected chi connectivity index (χ4v) is 3.92. The molecule has 1 aromatic rings. The van der Waals surface area contributed by atoms with Gasteiger partial charge in [0, 0.05) is 41.2 Å². The number of nitrogens with one attached hydrogen (secondary N) is 1. The highest BCUT2D eigenvalue weighted by molar-refractivity contribution is 14.1. The molecule has 1 fully saturated rings. The number of carbonyl (C=O) groups excluding carboxylic acids is 1. The Labute approximate surface area is 166 Å². The van der Waals surface area contributed by atoms with Gasteiger partial charge >= 0.3 is 0 Å². The second-order valence-corrected chi connectivity index (χ2v) is 8.76. The number of hydrogen-bond donors (Lipinski definition) is 1. The molecule has 1 N–H and O–H groups in total. The molecule has 1 aromatic carbocycles. The molecule has 0 aromatic heterocycles. The summed E-state index contributed by atoms with van der Waals surface area (Å²) in [4.78, 5) is 14.0. The van der Waals surface area contributed by atoms with Gasteiger partial charge in [-0.15, -0.1) is 0 Å². The van der Waals surface area contributed by atoms with Crippen LogP contribution in [0, 0.1) is 3.57 Å². The number of sulfonamides is 1. The molecule has 0 unspecified atom stereocenters. The summed E-state index contributed by atoms with van der Waals surface area (Å²) in [6.07, 6.45) is 0. The molecule has 0 spiro atoms. The summed E-state index contributed by atoms with van der Waals surface area (Å²) in [6.45, 7) is 4.63. The minimum Gasteiger partial charge on any atom is -0.495 e. The van der Waals surface area contributed by atoms with Crippen LogP contribution in [-0.4, -0.2) is 63.4 Å². The van der Waals surface area contributed by atoms with Crippen LogP contribution in [0.15, 0.2) is 24.1 Å². The average Bonchev–Trinajstić information content (AvgIpc) is 2.62. The quantitative estimate of drug-likeness (QED) is 0.606. The Balaban J connectivity index is 1.94. The predicted octanol–water partition coefficient (Wildman–Crippen LogP) is 1.98. The van der Waals surface area contributed by atoms with Gasteiger partial charge in [-0.25, -0.2) is 8.42 Å². The first-order valence-corrected chi connectivity index (χ1v) is 10.4. The summed E-state index contributed by atoms with van der Waals surface area (Å²) in [7, 11) is -1.90. The number of anilines is 1. The van der Waals surface area contributed by atoms with Crippen LogP contribution in [0.5, 0.6) is 5.75 Å². The number of rotatable bonds is 6. The van der Waals surface area contributed by atoms with E-state index in [9.17, 15) is 13.2 Å². The van der Waals surface area contributed by atoms with Crippen LogP contribution >= 0.6 is 34.2 Å². The fourth-order valence-electron chi connectivity index (χ4n) is 2.42. The van der Waals surface area contributed by atoms with Gasteiger partial charge < -0.3 is 15.0 Å². The Morgan fingerprint density at radius 1 is 1.40 bits per heavy atom. The van der Waals surface area contributed by atoms with E-state index in [4.69, 9.17) is 16.3 Å². The van der Waals surface area contributed by atoms with Gasteiger partial charge in [0.05, 0.1) is 24.4 Å². The van der Waals surface area contributed by atoms with Gasteiger partial charge in [0.1, 0.15) is 5.75 Å². The average molecular weight is 500 g/mol. The lowest BCUT2D eigenvalue weighted by Gasteiger charge is -2.33. The first-order valence-electron chi connectivity index (χ1n) is 7.45. The van der Waals surface area contributed by atoms with Crippen molar-refractivity contribution < 1.29 is 17.9 Å². The summed E-state index contributed by atoms with van der Waals surface area (Å²) in [5.74, 6) is 0.447. The van der Waals surface area contributed by atoms with Crippen molar-refractivity contribution in [1.82, 2.24) is 9.21 Å². The maximum absolute atomic E-state index is 12.4. The van der Waals surface area contributed by atoms with E-state index in [1.54, 1.807) is 11.0 Å². The molecule has 1 amide bonds. The molecule has 0 atom stereocenters. The van der Waals surface area contributed by atoms with Crippen molar-refractivity contribution in [3.63, 3.8) is 0 Å². The van der Waals surface area contributed by atoms with E-state index in [-0.39, 0.29) is 25.5 Å². The van der Waals surface area contributed by atoms with E-state index in [1.165, 1.54) is 11.4 Å². The number of ether oxygens (including phenoxy) is 1. The second-order valence-electron chi connectivity index (χ2n) is 5.31. The van der Waals surface area contributed by atoms with Crippen LogP contribution < -0.4 is 10.1 Å². The van der Waals surface area contributed by atoms with E-state index < -0.39 is 10.0 Å². The topological polar surface area (TPSA) is 79.0 Å². The molecule has 2 rings (SSSR count). The van der Waals surface area contributed by atoms with Crippen LogP contribution in [0.4, 0.5) is 5.69 Å². The third kappa shape index (κ3) is 4.99. The molecule has 0 aliphatic carbocycles. The monoisotopic (exact) mass is 499 g/mol. The zero-order valence-corrected chi connectivity index (χ0v) is 17.4. The zero-order valence-electron chi connectivity index (χ0n) is 13.7. The molecule has 0 bridgehead atoms. The SMILES string of the molecule is C=CS(=O)(=O)N1CCN(C(=O)CNc2cc(I)c(Cl)cc2OC)CC1. The molecule has 1 aliphatic rings. The highest BCUT2D eigenvalue weighted by Crippen LogP contribution is 2.32. The maximum atomic E-state index is 12.4. The molecule has 1 heterocycles. The van der Waals surface area contributed by atoms with Gasteiger partial charge in [0.2, 0.25) is 15.9 Å². The predicted molar refractivity (Wildman–Crippen MR) is 106 cm³/mol. The van der Waals surface area contributed by atoms with Crippen LogP contribution in [-0.2, 0) is 14.8 Å². The Morgan fingerprint density at radius 2 is 2.04 bits per heavy atom. The Hall–Kier alpha value is -1.04. The second kappa shape index (κ2) is 8.56. The van der Waals surface area contributed by atoms with Crippen molar-refractivity contribution in [2.24, 2.45) is 0 Å². The summed E-state index contributed by atoms with van der Waals surface area (Å²) < 4.78 is 30.9. The Kier molecular flexibility index (Phi) is 6.94. The van der Waals surface area contributed by atoms with Crippen LogP contribution in [0.25, 0.3) is 0 Å². The summed E-state index contributed by atoms with van der Waals surface area (Å²) in [6, 6.07) is 3.50. The Morgan fingerprint density at radius 3 is 2.60 bits per heavy atom. The molecule has 138 valence electrons. The lowest BCUT2D eigenvalue weighted by Crippen LogP contribution is -2.51. The number of benzene rings is 1. The van der Waals surface area contributed by atoms with E-state index in [0.29, 0.717) is 29.5 Å². The lowest BCUT2D eigenvalue weighted by molar-refractivity contribution is -0.130. The number of methoxy groups -OCH3 is 1. The standard InChI is InChI=1S/C15H19ClIN3O4S/c1-3-25(22,23)20-6-4-19(5-7-20)15(21)10-18-13-9-12(17)11(16)8-14(13)24-2/h3,8-9,18H,1,4-7,10H2,2H3. The van der Waals surface area contributed by atoms with Crippen LogP contribution in [0.3, 0.4) is 0 Å². The molecule has 0 radical (unpaired) electrons. The first kappa shape index (κ1) is 20.3. The largest absolute Gasteiger partial charge is 0.495 e. The number of halogens is 2. The third-order valence-corrected chi connectivity index (χ3v) is 6.86. The molecular formula is C15H19ClIN3O4S. The number of carbonyl (C=O) groups is 1. The van der Waals surface area contributed by atoms with Gasteiger partial charge in [0.25, 0.3) is 0 Å². The minimum atomic E-state index is -3.43. The number of piperazine rings is 1. The van der Waals surface area contributed by atoms with Crippen molar-refractivity contribution in [3.05, 3.63) is 32.7 Å². The highest BCUT2D eigenvalue weighted by Gasteiger charge is 2.26. The maximum Gasteiger partial charge on any atom is 0.241 e. The van der Waals surface area contributed by atoms with Crippen LogP contribution in [0.2, 0.25) is 5.02 Å². The lowest BCUT2D eigenvalue weighted by atomic mass is 10.3. The molecular weight excluding hydrogens is 481 g/mol. The van der Waals surface area contributed by atoms with Crippen molar-refractivity contribution in [3.8, 4) is 5.75 Å². The summed E-state index contributed by atoms with van der Waals surface area (Å²) >= 11 is 8.16. The summed E-state index contributed by atoms with van der Waals surface area (Å²) in [5, 5.41) is 4.56.